The first-order valence-corrected chi connectivity index (χ1v) is 8.25. The van der Waals surface area contributed by atoms with E-state index < -0.39 is 0 Å². The quantitative estimate of drug-likeness (QED) is 0.302. The molecule has 122 valence electrons. The molecule has 0 aromatic heterocycles. The summed E-state index contributed by atoms with van der Waals surface area (Å²) in [4.78, 5) is 2.13. The molecule has 0 aliphatic heterocycles. The van der Waals surface area contributed by atoms with Crippen LogP contribution in [0.3, 0.4) is 0 Å². The SMILES string of the molecule is CCCCCC(CN(C)C)C(C=Cc1ccccc1Cl)=NO. The number of halogens is 1. The molecule has 0 radical (unpaired) electrons. The molecule has 0 heterocycles. The highest BCUT2D eigenvalue weighted by Gasteiger charge is 2.15. The molecule has 0 spiro atoms. The first-order valence-electron chi connectivity index (χ1n) is 7.87. The number of hydrogen-bond donors (Lipinski definition) is 1. The van der Waals surface area contributed by atoms with Gasteiger partial charge >= 0.3 is 0 Å². The summed E-state index contributed by atoms with van der Waals surface area (Å²) < 4.78 is 0. The van der Waals surface area contributed by atoms with E-state index in [0.717, 1.165) is 24.9 Å². The van der Waals surface area contributed by atoms with Crippen LogP contribution in [0.2, 0.25) is 5.02 Å². The molecule has 0 saturated carbocycles. The van der Waals surface area contributed by atoms with Crippen molar-refractivity contribution < 1.29 is 5.21 Å². The fraction of sp³-hybridized carbons (Fsp3) is 0.500. The lowest BCUT2D eigenvalue weighted by Crippen LogP contribution is -2.27. The lowest BCUT2D eigenvalue weighted by molar-refractivity contribution is 0.305. The average molecular weight is 323 g/mol. The van der Waals surface area contributed by atoms with Gasteiger partial charge in [-0.05, 0) is 38.2 Å². The molecular weight excluding hydrogens is 296 g/mol. The molecule has 0 aliphatic rings. The summed E-state index contributed by atoms with van der Waals surface area (Å²) in [7, 11) is 4.08. The van der Waals surface area contributed by atoms with E-state index in [1.54, 1.807) is 0 Å². The minimum atomic E-state index is 0.227. The van der Waals surface area contributed by atoms with Gasteiger partial charge in [0.05, 0.1) is 5.71 Å². The zero-order chi connectivity index (χ0) is 16.4. The van der Waals surface area contributed by atoms with Crippen LogP contribution in [0.5, 0.6) is 0 Å². The van der Waals surface area contributed by atoms with E-state index in [1.165, 1.54) is 12.8 Å². The fourth-order valence-electron chi connectivity index (χ4n) is 2.45. The first-order chi connectivity index (χ1) is 10.6. The van der Waals surface area contributed by atoms with Crippen LogP contribution in [0, 0.1) is 5.92 Å². The third kappa shape index (κ3) is 6.63. The Labute approximate surface area is 139 Å². The van der Waals surface area contributed by atoms with Crippen molar-refractivity contribution in [2.24, 2.45) is 11.1 Å². The Morgan fingerprint density at radius 1 is 1.32 bits per heavy atom. The second-order valence-electron chi connectivity index (χ2n) is 5.83. The summed E-state index contributed by atoms with van der Waals surface area (Å²) in [5.41, 5.74) is 1.65. The molecule has 0 bridgehead atoms. The topological polar surface area (TPSA) is 35.8 Å². The van der Waals surface area contributed by atoms with Crippen molar-refractivity contribution in [3.05, 3.63) is 40.9 Å². The lowest BCUT2D eigenvalue weighted by atomic mass is 9.94. The Balaban J connectivity index is 2.82. The fourth-order valence-corrected chi connectivity index (χ4v) is 2.65. The van der Waals surface area contributed by atoms with Crippen molar-refractivity contribution in [2.75, 3.05) is 20.6 Å². The number of unbranched alkanes of at least 4 members (excludes halogenated alkanes) is 2. The van der Waals surface area contributed by atoms with Crippen LogP contribution in [0.1, 0.15) is 38.2 Å². The third-order valence-corrected chi connectivity index (χ3v) is 3.96. The van der Waals surface area contributed by atoms with Gasteiger partial charge < -0.3 is 10.1 Å². The Kier molecular flexibility index (Phi) is 8.86. The minimum absolute atomic E-state index is 0.227. The maximum absolute atomic E-state index is 9.40. The van der Waals surface area contributed by atoms with E-state index in [0.29, 0.717) is 10.7 Å². The highest BCUT2D eigenvalue weighted by molar-refractivity contribution is 6.32. The molecule has 3 nitrogen and oxygen atoms in total. The Morgan fingerprint density at radius 3 is 2.64 bits per heavy atom. The van der Waals surface area contributed by atoms with E-state index >= 15 is 0 Å². The van der Waals surface area contributed by atoms with Gasteiger partial charge in [-0.1, -0.05) is 67.2 Å². The largest absolute Gasteiger partial charge is 0.411 e. The molecule has 1 rings (SSSR count). The van der Waals surface area contributed by atoms with Crippen molar-refractivity contribution in [3.63, 3.8) is 0 Å². The maximum atomic E-state index is 9.40. The van der Waals surface area contributed by atoms with Gasteiger partial charge in [-0.25, -0.2) is 0 Å². The Bertz CT molecular complexity index is 498. The second kappa shape index (κ2) is 10.4. The summed E-state index contributed by atoms with van der Waals surface area (Å²) in [6.07, 6.45) is 8.36. The van der Waals surface area contributed by atoms with E-state index in [4.69, 9.17) is 11.6 Å². The van der Waals surface area contributed by atoms with Gasteiger partial charge in [-0.2, -0.15) is 0 Å². The third-order valence-electron chi connectivity index (χ3n) is 3.61. The van der Waals surface area contributed by atoms with Crippen LogP contribution < -0.4 is 0 Å². The number of benzene rings is 1. The van der Waals surface area contributed by atoms with Gasteiger partial charge in [0.15, 0.2) is 0 Å². The van der Waals surface area contributed by atoms with Gasteiger partial charge in [0.2, 0.25) is 0 Å². The summed E-state index contributed by atoms with van der Waals surface area (Å²) in [6, 6.07) is 7.65. The van der Waals surface area contributed by atoms with Crippen molar-refractivity contribution in [1.29, 1.82) is 0 Å². The van der Waals surface area contributed by atoms with Crippen molar-refractivity contribution in [1.82, 2.24) is 4.90 Å². The normalized spacial score (nSPS) is 14.0. The molecule has 4 heteroatoms. The standard InChI is InChI=1S/C18H27ClN2O/c1-4-5-6-10-16(14-21(2)3)18(20-22)13-12-15-9-7-8-11-17(15)19/h7-9,11-13,16,22H,4-6,10,14H2,1-3H3. The lowest BCUT2D eigenvalue weighted by Gasteiger charge is -2.20. The van der Waals surface area contributed by atoms with Gasteiger partial charge in [-0.15, -0.1) is 0 Å². The molecule has 0 saturated heterocycles. The van der Waals surface area contributed by atoms with Gasteiger partial charge in [0.25, 0.3) is 0 Å². The van der Waals surface area contributed by atoms with Gasteiger partial charge in [0.1, 0.15) is 0 Å². The molecule has 1 aromatic rings. The summed E-state index contributed by atoms with van der Waals surface area (Å²) in [6.45, 7) is 3.06. The van der Waals surface area contributed by atoms with Crippen LogP contribution in [0.25, 0.3) is 6.08 Å². The Hall–Kier alpha value is -1.32. The summed E-state index contributed by atoms with van der Waals surface area (Å²) in [5, 5.41) is 13.6. The molecule has 22 heavy (non-hydrogen) atoms. The van der Waals surface area contributed by atoms with E-state index in [1.807, 2.05) is 50.5 Å². The summed E-state index contributed by atoms with van der Waals surface area (Å²) in [5.74, 6) is 0.227. The molecule has 1 N–H and O–H groups in total. The molecule has 1 aromatic carbocycles. The van der Waals surface area contributed by atoms with Crippen molar-refractivity contribution >= 4 is 23.4 Å². The molecule has 1 atom stereocenters. The predicted molar refractivity (Wildman–Crippen MR) is 95.9 cm³/mol. The minimum Gasteiger partial charge on any atom is -0.411 e. The monoisotopic (exact) mass is 322 g/mol. The van der Waals surface area contributed by atoms with Crippen LogP contribution in [-0.2, 0) is 0 Å². The molecular formula is C18H27ClN2O. The number of allylic oxidation sites excluding steroid dienone is 1. The smallest absolute Gasteiger partial charge is 0.0839 e. The molecule has 1 unspecified atom stereocenters. The molecule has 0 fully saturated rings. The molecule has 0 aliphatic carbocycles. The Morgan fingerprint density at radius 2 is 2.05 bits per heavy atom. The number of rotatable bonds is 9. The maximum Gasteiger partial charge on any atom is 0.0839 e. The number of hydrogen-bond acceptors (Lipinski definition) is 3. The zero-order valence-electron chi connectivity index (χ0n) is 13.8. The van der Waals surface area contributed by atoms with E-state index in [-0.39, 0.29) is 5.92 Å². The first kappa shape index (κ1) is 18.7. The van der Waals surface area contributed by atoms with E-state index in [2.05, 4.69) is 17.0 Å². The van der Waals surface area contributed by atoms with Crippen molar-refractivity contribution in [3.8, 4) is 0 Å². The van der Waals surface area contributed by atoms with E-state index in [9.17, 15) is 5.21 Å². The summed E-state index contributed by atoms with van der Waals surface area (Å²) >= 11 is 6.16. The van der Waals surface area contributed by atoms with Crippen LogP contribution >= 0.6 is 11.6 Å². The number of nitrogens with zero attached hydrogens (tertiary/aromatic N) is 2. The van der Waals surface area contributed by atoms with Crippen molar-refractivity contribution in [2.45, 2.75) is 32.6 Å². The predicted octanol–water partition coefficient (Wildman–Crippen LogP) is 4.94. The highest BCUT2D eigenvalue weighted by atomic mass is 35.5. The average Bonchev–Trinajstić information content (AvgIpc) is 2.49. The van der Waals surface area contributed by atoms with Crippen LogP contribution in [-0.4, -0.2) is 36.5 Å². The van der Waals surface area contributed by atoms with Gasteiger partial charge in [-0.3, -0.25) is 0 Å². The second-order valence-corrected chi connectivity index (χ2v) is 6.24. The molecule has 0 amide bonds. The van der Waals surface area contributed by atoms with Crippen LogP contribution in [0.15, 0.2) is 35.5 Å². The number of oxime groups is 1. The van der Waals surface area contributed by atoms with Crippen LogP contribution in [0.4, 0.5) is 0 Å². The zero-order valence-corrected chi connectivity index (χ0v) is 14.6. The highest BCUT2D eigenvalue weighted by Crippen LogP contribution is 2.19. The van der Waals surface area contributed by atoms with Gasteiger partial charge in [0, 0.05) is 17.5 Å².